The summed E-state index contributed by atoms with van der Waals surface area (Å²) in [7, 11) is 1.59. The highest BCUT2D eigenvalue weighted by molar-refractivity contribution is 7.11. The van der Waals surface area contributed by atoms with Gasteiger partial charge in [-0.3, -0.25) is 4.99 Å². The highest BCUT2D eigenvalue weighted by Crippen LogP contribution is 2.28. The van der Waals surface area contributed by atoms with Crippen molar-refractivity contribution in [3.05, 3.63) is 38.8 Å². The molecule has 3 rings (SSSR count). The highest BCUT2D eigenvalue weighted by atomic mass is 35.5. The number of aliphatic imine (C=N–C) groups is 1. The van der Waals surface area contributed by atoms with Crippen LogP contribution in [-0.4, -0.2) is 24.6 Å². The lowest BCUT2D eigenvalue weighted by molar-refractivity contribution is 0.415. The summed E-state index contributed by atoms with van der Waals surface area (Å²) in [6.45, 7) is 0.674. The first-order chi connectivity index (χ1) is 12.2. The number of anilines is 1. The Labute approximate surface area is 157 Å². The molecule has 0 fully saturated rings. The average Bonchev–Trinajstić information content (AvgIpc) is 3.02. The molecule has 0 unspecified atom stereocenters. The molecule has 2 aromatic rings. The lowest BCUT2D eigenvalue weighted by Crippen LogP contribution is -2.22. The monoisotopic (exact) mass is 378 g/mol. The molecule has 1 aliphatic carbocycles. The first kappa shape index (κ1) is 18.0. The first-order valence-electron chi connectivity index (χ1n) is 8.53. The van der Waals surface area contributed by atoms with Gasteiger partial charge >= 0.3 is 0 Å². The number of nitrogens with two attached hydrogens (primary N) is 1. The molecule has 5 nitrogen and oxygen atoms in total. The molecule has 0 bridgehead atoms. The van der Waals surface area contributed by atoms with Gasteiger partial charge in [0.25, 0.3) is 0 Å². The normalized spacial score (nSPS) is 14.2. The zero-order chi connectivity index (χ0) is 17.6. The topological polar surface area (TPSA) is 72.5 Å². The van der Waals surface area contributed by atoms with Crippen LogP contribution in [0.15, 0.2) is 23.2 Å². The second-order valence-electron chi connectivity index (χ2n) is 6.03. The number of aromatic nitrogens is 1. The number of fused-ring (bicyclic) bond motifs is 1. The minimum Gasteiger partial charge on any atom is -0.495 e. The number of methoxy groups -OCH3 is 1. The lowest BCUT2D eigenvalue weighted by Gasteiger charge is -2.08. The van der Waals surface area contributed by atoms with Crippen molar-refractivity contribution in [2.45, 2.75) is 38.5 Å². The van der Waals surface area contributed by atoms with Crippen LogP contribution in [0.5, 0.6) is 5.75 Å². The summed E-state index contributed by atoms with van der Waals surface area (Å²) in [4.78, 5) is 10.6. The smallest absolute Gasteiger partial charge is 0.193 e. The summed E-state index contributed by atoms with van der Waals surface area (Å²) in [6, 6.07) is 5.41. The number of aryl methyl sites for hydroxylation is 3. The Hall–Kier alpha value is -1.79. The number of ether oxygens (including phenoxy) is 1. The molecule has 25 heavy (non-hydrogen) atoms. The van der Waals surface area contributed by atoms with Crippen molar-refractivity contribution in [2.24, 2.45) is 10.7 Å². The van der Waals surface area contributed by atoms with E-state index in [1.165, 1.54) is 34.8 Å². The molecule has 1 aliphatic rings. The minimum absolute atomic E-state index is 0.389. The van der Waals surface area contributed by atoms with Crippen LogP contribution in [-0.2, 0) is 19.3 Å². The summed E-state index contributed by atoms with van der Waals surface area (Å²) in [6.07, 6.45) is 6.83. The van der Waals surface area contributed by atoms with E-state index in [0.29, 0.717) is 23.3 Å². The predicted octanol–water partition coefficient (Wildman–Crippen LogP) is 4.04. The third-order valence-electron chi connectivity index (χ3n) is 4.15. The van der Waals surface area contributed by atoms with Crippen molar-refractivity contribution in [1.29, 1.82) is 0 Å². The quantitative estimate of drug-likeness (QED) is 0.452. The molecule has 7 heteroatoms. The number of benzene rings is 1. The first-order valence-corrected chi connectivity index (χ1v) is 9.73. The maximum atomic E-state index is 6.10. The summed E-state index contributed by atoms with van der Waals surface area (Å²) in [5.74, 6) is 1.02. The number of nitrogens with one attached hydrogen (secondary N) is 1. The number of rotatable bonds is 6. The van der Waals surface area contributed by atoms with Gasteiger partial charge < -0.3 is 15.8 Å². The van der Waals surface area contributed by atoms with Crippen LogP contribution in [0.1, 0.15) is 34.8 Å². The SMILES string of the molecule is COc1ccc(NC(N)=NCCCc2nc3c(s2)CCCC3)cc1Cl. The van der Waals surface area contributed by atoms with Crippen LogP contribution in [0, 0.1) is 0 Å². The fourth-order valence-corrected chi connectivity index (χ4v) is 4.33. The van der Waals surface area contributed by atoms with E-state index in [0.717, 1.165) is 24.9 Å². The van der Waals surface area contributed by atoms with Crippen LogP contribution >= 0.6 is 22.9 Å². The molecule has 0 aliphatic heterocycles. The molecule has 1 aromatic heterocycles. The maximum Gasteiger partial charge on any atom is 0.193 e. The molecule has 0 saturated carbocycles. The van der Waals surface area contributed by atoms with Crippen LogP contribution in [0.2, 0.25) is 5.02 Å². The van der Waals surface area contributed by atoms with E-state index >= 15 is 0 Å². The molecule has 0 spiro atoms. The van der Waals surface area contributed by atoms with Gasteiger partial charge in [-0.1, -0.05) is 11.6 Å². The predicted molar refractivity (Wildman–Crippen MR) is 105 cm³/mol. The fourth-order valence-electron chi connectivity index (χ4n) is 2.87. The molecule has 0 radical (unpaired) electrons. The van der Waals surface area contributed by atoms with Crippen molar-refractivity contribution >= 4 is 34.6 Å². The number of thiazole rings is 1. The Kier molecular flexibility index (Phi) is 6.15. The van der Waals surface area contributed by atoms with E-state index in [9.17, 15) is 0 Å². The standard InChI is InChI=1S/C18H23ClN4OS/c1-24-15-9-8-12(11-13(15)19)22-18(20)21-10-4-7-17-23-14-5-2-3-6-16(14)25-17/h8-9,11H,2-7,10H2,1H3,(H3,20,21,22). The number of guanidine groups is 1. The molecule has 0 saturated heterocycles. The highest BCUT2D eigenvalue weighted by Gasteiger charge is 2.14. The van der Waals surface area contributed by atoms with Crippen LogP contribution in [0.3, 0.4) is 0 Å². The second-order valence-corrected chi connectivity index (χ2v) is 7.60. The Morgan fingerprint density at radius 3 is 3.00 bits per heavy atom. The zero-order valence-corrected chi connectivity index (χ0v) is 15.9. The van der Waals surface area contributed by atoms with Gasteiger partial charge in [-0.05, 0) is 50.3 Å². The molecule has 134 valence electrons. The third-order valence-corrected chi connectivity index (χ3v) is 5.66. The molecule has 3 N–H and O–H groups in total. The average molecular weight is 379 g/mol. The van der Waals surface area contributed by atoms with Crippen molar-refractivity contribution < 1.29 is 4.74 Å². The van der Waals surface area contributed by atoms with Gasteiger partial charge in [0.1, 0.15) is 5.75 Å². The summed E-state index contributed by atoms with van der Waals surface area (Å²) in [5, 5.41) is 4.81. The number of nitrogens with zero attached hydrogens (tertiary/aromatic N) is 2. The zero-order valence-electron chi connectivity index (χ0n) is 14.3. The van der Waals surface area contributed by atoms with E-state index in [-0.39, 0.29) is 0 Å². The Balaban J connectivity index is 1.47. The molecular weight excluding hydrogens is 356 g/mol. The van der Waals surface area contributed by atoms with Gasteiger partial charge in [0.15, 0.2) is 5.96 Å². The van der Waals surface area contributed by atoms with Gasteiger partial charge in [0.2, 0.25) is 0 Å². The second kappa shape index (κ2) is 8.54. The largest absolute Gasteiger partial charge is 0.495 e. The van der Waals surface area contributed by atoms with Crippen molar-refractivity contribution in [3.63, 3.8) is 0 Å². The molecule has 0 amide bonds. The Morgan fingerprint density at radius 1 is 1.40 bits per heavy atom. The van der Waals surface area contributed by atoms with Gasteiger partial charge in [-0.2, -0.15) is 0 Å². The van der Waals surface area contributed by atoms with Gasteiger partial charge in [0, 0.05) is 23.5 Å². The maximum absolute atomic E-state index is 6.10. The van der Waals surface area contributed by atoms with Crippen molar-refractivity contribution in [3.8, 4) is 5.75 Å². The molecule has 1 aromatic carbocycles. The van der Waals surface area contributed by atoms with E-state index in [1.807, 2.05) is 17.4 Å². The van der Waals surface area contributed by atoms with Crippen LogP contribution < -0.4 is 15.8 Å². The van der Waals surface area contributed by atoms with E-state index in [4.69, 9.17) is 27.1 Å². The van der Waals surface area contributed by atoms with E-state index in [1.54, 1.807) is 19.2 Å². The van der Waals surface area contributed by atoms with Gasteiger partial charge in [-0.25, -0.2) is 4.98 Å². The van der Waals surface area contributed by atoms with Crippen LogP contribution in [0.4, 0.5) is 5.69 Å². The Bertz CT molecular complexity index is 736. The van der Waals surface area contributed by atoms with Crippen LogP contribution in [0.25, 0.3) is 0 Å². The van der Waals surface area contributed by atoms with Gasteiger partial charge in [0.05, 0.1) is 22.8 Å². The fraction of sp³-hybridized carbons (Fsp3) is 0.444. The molecular formula is C18H23ClN4OS. The van der Waals surface area contributed by atoms with Crippen molar-refractivity contribution in [2.75, 3.05) is 19.0 Å². The number of hydrogen-bond acceptors (Lipinski definition) is 4. The Morgan fingerprint density at radius 2 is 2.24 bits per heavy atom. The number of hydrogen-bond donors (Lipinski definition) is 2. The number of halogens is 1. The summed E-state index contributed by atoms with van der Waals surface area (Å²) < 4.78 is 5.13. The van der Waals surface area contributed by atoms with E-state index < -0.39 is 0 Å². The van der Waals surface area contributed by atoms with Crippen molar-refractivity contribution in [1.82, 2.24) is 4.98 Å². The minimum atomic E-state index is 0.389. The van der Waals surface area contributed by atoms with E-state index in [2.05, 4.69) is 10.3 Å². The van der Waals surface area contributed by atoms with Gasteiger partial charge in [-0.15, -0.1) is 11.3 Å². The lowest BCUT2D eigenvalue weighted by atomic mass is 10.0. The summed E-state index contributed by atoms with van der Waals surface area (Å²) >= 11 is 7.97. The third kappa shape index (κ3) is 4.86. The molecule has 0 atom stereocenters. The summed E-state index contributed by atoms with van der Waals surface area (Å²) in [5.41, 5.74) is 8.05. The molecule has 1 heterocycles.